The second-order valence-corrected chi connectivity index (χ2v) is 7.08. The number of carbonyl (C=O) groups is 1. The molecule has 4 aromatic rings. The molecule has 5 rings (SSSR count). The van der Waals surface area contributed by atoms with Gasteiger partial charge in [0.2, 0.25) is 5.88 Å². The van der Waals surface area contributed by atoms with Crippen molar-refractivity contribution in [3.05, 3.63) is 77.6 Å². The number of aromatic amines is 1. The normalized spacial score (nSPS) is 12.9. The van der Waals surface area contributed by atoms with Crippen LogP contribution in [0.5, 0.6) is 11.6 Å². The smallest absolute Gasteiger partial charge is 0.270 e. The molecule has 2 aromatic carbocycles. The molecule has 1 aliphatic rings. The van der Waals surface area contributed by atoms with Crippen LogP contribution in [-0.4, -0.2) is 42.5 Å². The van der Waals surface area contributed by atoms with Gasteiger partial charge in [-0.2, -0.15) is 5.21 Å². The maximum atomic E-state index is 12.3. The number of nitrogens with zero attached hydrogens (tertiary/aromatic N) is 5. The average molecular weight is 414 g/mol. The monoisotopic (exact) mass is 414 g/mol. The first-order valence-electron chi connectivity index (χ1n) is 9.71. The van der Waals surface area contributed by atoms with Gasteiger partial charge in [0.15, 0.2) is 0 Å². The van der Waals surface area contributed by atoms with E-state index >= 15 is 0 Å². The lowest BCUT2D eigenvalue weighted by Crippen LogP contribution is -2.20. The molecule has 0 spiro atoms. The Morgan fingerprint density at radius 1 is 1.03 bits per heavy atom. The largest absolute Gasteiger partial charge is 0.439 e. The van der Waals surface area contributed by atoms with Crippen molar-refractivity contribution < 1.29 is 9.53 Å². The first-order chi connectivity index (χ1) is 15.2. The van der Waals surface area contributed by atoms with Gasteiger partial charge in [-0.05, 0) is 47.4 Å². The van der Waals surface area contributed by atoms with Crippen LogP contribution in [0.4, 0.5) is 11.8 Å². The van der Waals surface area contributed by atoms with Crippen LogP contribution in [-0.2, 0) is 12.8 Å². The van der Waals surface area contributed by atoms with Gasteiger partial charge < -0.3 is 10.1 Å². The molecule has 154 valence electrons. The number of hydrogen-bond acceptors (Lipinski definition) is 8. The zero-order chi connectivity index (χ0) is 21.0. The van der Waals surface area contributed by atoms with Crippen LogP contribution in [0.3, 0.4) is 0 Å². The topological polar surface area (TPSA) is 131 Å². The van der Waals surface area contributed by atoms with Crippen molar-refractivity contribution in [3.63, 3.8) is 0 Å². The summed E-state index contributed by atoms with van der Waals surface area (Å²) in [4.78, 5) is 20.8. The van der Waals surface area contributed by atoms with Crippen LogP contribution >= 0.6 is 0 Å². The number of carbonyl (C=O) groups excluding carboxylic acids is 1. The van der Waals surface area contributed by atoms with Gasteiger partial charge >= 0.3 is 0 Å². The number of benzene rings is 2. The second kappa shape index (κ2) is 8.19. The summed E-state index contributed by atoms with van der Waals surface area (Å²) in [6.07, 6.45) is 3.36. The van der Waals surface area contributed by atoms with E-state index in [4.69, 9.17) is 4.74 Å². The van der Waals surface area contributed by atoms with Gasteiger partial charge in [-0.15, -0.1) is 5.10 Å². The fourth-order valence-electron chi connectivity index (χ4n) is 3.55. The lowest BCUT2D eigenvalue weighted by Gasteiger charge is -2.13. The van der Waals surface area contributed by atoms with Crippen molar-refractivity contribution in [1.82, 2.24) is 30.6 Å². The summed E-state index contributed by atoms with van der Waals surface area (Å²) in [5.74, 6) is 1.26. The summed E-state index contributed by atoms with van der Waals surface area (Å²) in [7, 11) is 0. The Morgan fingerprint density at radius 2 is 1.87 bits per heavy atom. The van der Waals surface area contributed by atoms with Crippen LogP contribution in [0.1, 0.15) is 21.5 Å². The number of H-pyrrole nitrogens is 1. The molecule has 31 heavy (non-hydrogen) atoms. The first-order valence-corrected chi connectivity index (χ1v) is 9.71. The van der Waals surface area contributed by atoms with Crippen molar-refractivity contribution in [2.24, 2.45) is 0 Å². The number of hydrogen-bond donors (Lipinski definition) is 3. The van der Waals surface area contributed by atoms with Crippen LogP contribution in [0.2, 0.25) is 0 Å². The molecule has 0 bridgehead atoms. The van der Waals surface area contributed by atoms with Crippen molar-refractivity contribution in [2.75, 3.05) is 10.6 Å². The molecular weight excluding hydrogens is 396 g/mol. The molecular formula is C21H18N8O2. The number of anilines is 2. The molecule has 0 saturated carbocycles. The van der Waals surface area contributed by atoms with Crippen LogP contribution in [0.25, 0.3) is 0 Å². The maximum Gasteiger partial charge on any atom is 0.270 e. The van der Waals surface area contributed by atoms with Crippen molar-refractivity contribution in [2.45, 2.75) is 18.9 Å². The SMILES string of the molecule is O=C(Nc1nn[nH]n1)c1cccc(Oc2cc(NC3Cc4ccccc4C3)ncn2)c1. The Hall–Kier alpha value is -4.34. The van der Waals surface area contributed by atoms with E-state index in [9.17, 15) is 4.79 Å². The highest BCUT2D eigenvalue weighted by Crippen LogP contribution is 2.26. The number of aromatic nitrogens is 6. The Kier molecular flexibility index (Phi) is 4.93. The second-order valence-electron chi connectivity index (χ2n) is 7.08. The van der Waals surface area contributed by atoms with E-state index in [2.05, 4.69) is 65.5 Å². The van der Waals surface area contributed by atoms with Crippen molar-refractivity contribution in [3.8, 4) is 11.6 Å². The molecule has 2 heterocycles. The zero-order valence-electron chi connectivity index (χ0n) is 16.3. The maximum absolute atomic E-state index is 12.3. The van der Waals surface area contributed by atoms with Gasteiger partial charge in [0.1, 0.15) is 17.9 Å². The summed E-state index contributed by atoms with van der Waals surface area (Å²) in [6.45, 7) is 0. The highest BCUT2D eigenvalue weighted by atomic mass is 16.5. The van der Waals surface area contributed by atoms with Crippen LogP contribution in [0.15, 0.2) is 60.9 Å². The molecule has 0 saturated heterocycles. The van der Waals surface area contributed by atoms with Gasteiger partial charge in [-0.1, -0.05) is 35.4 Å². The third-order valence-electron chi connectivity index (χ3n) is 4.93. The predicted molar refractivity (Wildman–Crippen MR) is 112 cm³/mol. The number of nitrogens with one attached hydrogen (secondary N) is 3. The summed E-state index contributed by atoms with van der Waals surface area (Å²) >= 11 is 0. The van der Waals surface area contributed by atoms with Crippen LogP contribution < -0.4 is 15.4 Å². The van der Waals surface area contributed by atoms with Gasteiger partial charge in [0.05, 0.1) is 0 Å². The number of rotatable bonds is 6. The molecule has 0 radical (unpaired) electrons. The van der Waals surface area contributed by atoms with Gasteiger partial charge in [-0.3, -0.25) is 10.1 Å². The molecule has 0 fully saturated rings. The number of ether oxygens (including phenoxy) is 1. The fourth-order valence-corrected chi connectivity index (χ4v) is 3.55. The van der Waals surface area contributed by atoms with Crippen LogP contribution in [0, 0.1) is 0 Å². The van der Waals surface area contributed by atoms with E-state index in [-0.39, 0.29) is 17.9 Å². The summed E-state index contributed by atoms with van der Waals surface area (Å²) < 4.78 is 5.85. The molecule has 10 heteroatoms. The highest BCUT2D eigenvalue weighted by Gasteiger charge is 2.21. The Labute approximate surface area is 177 Å². The minimum absolute atomic E-state index is 0.0944. The minimum atomic E-state index is -0.377. The van der Waals surface area contributed by atoms with E-state index in [1.165, 1.54) is 17.5 Å². The number of amides is 1. The molecule has 0 unspecified atom stereocenters. The van der Waals surface area contributed by atoms with E-state index in [1.54, 1.807) is 30.3 Å². The number of tetrazole rings is 1. The molecule has 1 amide bonds. The first kappa shape index (κ1) is 18.7. The molecule has 0 aliphatic heterocycles. The Bertz CT molecular complexity index is 1190. The van der Waals surface area contributed by atoms with E-state index in [1.807, 2.05) is 0 Å². The van der Waals surface area contributed by atoms with Gasteiger partial charge in [0, 0.05) is 17.7 Å². The third-order valence-corrected chi connectivity index (χ3v) is 4.93. The third kappa shape index (κ3) is 4.32. The van der Waals surface area contributed by atoms with E-state index < -0.39 is 0 Å². The Morgan fingerprint density at radius 3 is 2.65 bits per heavy atom. The molecule has 1 aliphatic carbocycles. The fraction of sp³-hybridized carbons (Fsp3) is 0.143. The standard InChI is InChI=1S/C21H18N8O2/c30-20(25-21-26-28-29-27-21)15-6-3-7-17(10-15)31-19-11-18(22-12-23-19)24-16-8-13-4-1-2-5-14(13)9-16/h1-7,10-12,16H,8-9H2,(H,22,23,24)(H2,25,26,27,28,29,30). The predicted octanol–water partition coefficient (Wildman–Crippen LogP) is 2.61. The number of fused-ring (bicyclic) bond motifs is 1. The molecule has 0 atom stereocenters. The van der Waals surface area contributed by atoms with E-state index in [0.29, 0.717) is 23.0 Å². The quantitative estimate of drug-likeness (QED) is 0.439. The average Bonchev–Trinajstić information content (AvgIpc) is 3.43. The highest BCUT2D eigenvalue weighted by molar-refractivity contribution is 6.03. The minimum Gasteiger partial charge on any atom is -0.439 e. The van der Waals surface area contributed by atoms with Crippen molar-refractivity contribution >= 4 is 17.7 Å². The molecule has 10 nitrogen and oxygen atoms in total. The molecule has 3 N–H and O–H groups in total. The Balaban J connectivity index is 1.25. The van der Waals surface area contributed by atoms with Gasteiger partial charge in [-0.25, -0.2) is 9.97 Å². The lowest BCUT2D eigenvalue weighted by atomic mass is 10.1. The molecule has 2 aromatic heterocycles. The summed E-state index contributed by atoms with van der Waals surface area (Å²) in [5, 5.41) is 19.1. The zero-order valence-corrected chi connectivity index (χ0v) is 16.3. The van der Waals surface area contributed by atoms with Gasteiger partial charge in [0.25, 0.3) is 11.9 Å². The van der Waals surface area contributed by atoms with E-state index in [0.717, 1.165) is 12.8 Å². The lowest BCUT2D eigenvalue weighted by molar-refractivity contribution is 0.102. The summed E-state index contributed by atoms with van der Waals surface area (Å²) in [6, 6.07) is 17.2. The van der Waals surface area contributed by atoms with Crippen molar-refractivity contribution in [1.29, 1.82) is 0 Å². The summed E-state index contributed by atoms with van der Waals surface area (Å²) in [5.41, 5.74) is 3.11.